The molecular weight excluding hydrogens is 446 g/mol. The highest BCUT2D eigenvalue weighted by Gasteiger charge is 2.41. The number of amides is 2. The zero-order valence-electron chi connectivity index (χ0n) is 20.1. The third kappa shape index (κ3) is 4.93. The second-order valence-electron chi connectivity index (χ2n) is 9.63. The summed E-state index contributed by atoms with van der Waals surface area (Å²) in [5.41, 5.74) is 8.66. The van der Waals surface area contributed by atoms with Gasteiger partial charge in [0.1, 0.15) is 18.1 Å². The average Bonchev–Trinajstić information content (AvgIpc) is 2.88. The summed E-state index contributed by atoms with van der Waals surface area (Å²) in [7, 11) is 1.54. The molecule has 8 heteroatoms. The summed E-state index contributed by atoms with van der Waals surface area (Å²) < 4.78 is 17.8. The van der Waals surface area contributed by atoms with Crippen molar-refractivity contribution >= 4 is 23.4 Å². The van der Waals surface area contributed by atoms with Crippen LogP contribution in [0.5, 0.6) is 5.75 Å². The number of cyclic esters (lactones) is 1. The summed E-state index contributed by atoms with van der Waals surface area (Å²) in [4.78, 5) is 27.8. The second kappa shape index (κ2) is 10.2. The van der Waals surface area contributed by atoms with Crippen molar-refractivity contribution in [2.75, 3.05) is 24.7 Å². The predicted octanol–water partition coefficient (Wildman–Crippen LogP) is 5.11. The molecule has 1 saturated heterocycles. The molecule has 2 amide bonds. The maximum Gasteiger partial charge on any atom is 0.412 e. The number of likely N-dealkylation sites (tertiary alicyclic amines) is 1. The summed E-state index contributed by atoms with van der Waals surface area (Å²) in [5, 5.41) is 2.79. The number of nitrogens with zero attached hydrogens (tertiary/aromatic N) is 1. The Labute approximate surface area is 205 Å². The van der Waals surface area contributed by atoms with Gasteiger partial charge < -0.3 is 24.8 Å². The van der Waals surface area contributed by atoms with E-state index in [1.54, 1.807) is 18.2 Å². The zero-order valence-corrected chi connectivity index (χ0v) is 20.1. The van der Waals surface area contributed by atoms with Crippen LogP contribution in [-0.4, -0.2) is 42.9 Å². The topological polar surface area (TPSA) is 103 Å². The van der Waals surface area contributed by atoms with Gasteiger partial charge in [-0.05, 0) is 43.9 Å². The van der Waals surface area contributed by atoms with Crippen molar-refractivity contribution < 1.29 is 23.8 Å². The van der Waals surface area contributed by atoms with Gasteiger partial charge >= 0.3 is 6.09 Å². The minimum absolute atomic E-state index is 0.0353. The molecule has 2 aromatic carbocycles. The van der Waals surface area contributed by atoms with Crippen molar-refractivity contribution in [1.29, 1.82) is 0 Å². The number of hydrogen-bond acceptors (Lipinski definition) is 6. The van der Waals surface area contributed by atoms with Crippen LogP contribution in [0, 0.1) is 5.92 Å². The summed E-state index contributed by atoms with van der Waals surface area (Å²) >= 11 is 0. The fourth-order valence-electron chi connectivity index (χ4n) is 5.58. The van der Waals surface area contributed by atoms with Crippen LogP contribution < -0.4 is 15.8 Å². The monoisotopic (exact) mass is 479 g/mol. The summed E-state index contributed by atoms with van der Waals surface area (Å²) in [5.74, 6) is 0.353. The molecule has 5 rings (SSSR count). The molecule has 0 spiro atoms. The molecule has 2 heterocycles. The van der Waals surface area contributed by atoms with Crippen LogP contribution in [0.4, 0.5) is 16.2 Å². The third-order valence-electron chi connectivity index (χ3n) is 7.38. The summed E-state index contributed by atoms with van der Waals surface area (Å²) in [6, 6.07) is 12.8. The highest BCUT2D eigenvalue weighted by molar-refractivity contribution is 5.97. The molecular formula is C27H33N3O5. The van der Waals surface area contributed by atoms with Crippen LogP contribution >= 0.6 is 0 Å². The van der Waals surface area contributed by atoms with Crippen molar-refractivity contribution in [2.45, 2.75) is 63.4 Å². The molecule has 2 aliphatic heterocycles. The fourth-order valence-corrected chi connectivity index (χ4v) is 5.58. The molecule has 3 N–H and O–H groups in total. The lowest BCUT2D eigenvalue weighted by molar-refractivity contribution is -0.129. The maximum absolute atomic E-state index is 13.7. The SMILES string of the molecule is COc1cc(N)ccc1C(=O)N1CC[C@H](C2OC(=O)Nc3ccccc32)C[C@@H]1OC1CCCCC1. The number of nitrogens with one attached hydrogen (secondary N) is 1. The van der Waals surface area contributed by atoms with E-state index in [2.05, 4.69) is 5.32 Å². The quantitative estimate of drug-likeness (QED) is 0.578. The van der Waals surface area contributed by atoms with Crippen molar-refractivity contribution in [1.82, 2.24) is 4.90 Å². The number of rotatable bonds is 5. The average molecular weight is 480 g/mol. The van der Waals surface area contributed by atoms with Crippen LogP contribution in [0.15, 0.2) is 42.5 Å². The van der Waals surface area contributed by atoms with Crippen molar-refractivity contribution in [3.05, 3.63) is 53.6 Å². The minimum Gasteiger partial charge on any atom is -0.496 e. The highest BCUT2D eigenvalue weighted by Crippen LogP contribution is 2.42. The van der Waals surface area contributed by atoms with E-state index in [-0.39, 0.29) is 24.0 Å². The lowest BCUT2D eigenvalue weighted by Gasteiger charge is -2.44. The number of hydrogen-bond donors (Lipinski definition) is 2. The first-order valence-electron chi connectivity index (χ1n) is 12.5. The fraction of sp³-hybridized carbons (Fsp3) is 0.481. The Morgan fingerprint density at radius 2 is 1.91 bits per heavy atom. The van der Waals surface area contributed by atoms with E-state index in [1.807, 2.05) is 29.2 Å². The molecule has 35 heavy (non-hydrogen) atoms. The van der Waals surface area contributed by atoms with Gasteiger partial charge in [0.2, 0.25) is 0 Å². The molecule has 1 aliphatic carbocycles. The lowest BCUT2D eigenvalue weighted by Crippen LogP contribution is -2.50. The number of methoxy groups -OCH3 is 1. The maximum atomic E-state index is 13.7. The highest BCUT2D eigenvalue weighted by atomic mass is 16.6. The van der Waals surface area contributed by atoms with Crippen LogP contribution in [0.25, 0.3) is 0 Å². The van der Waals surface area contributed by atoms with Crippen molar-refractivity contribution in [3.63, 3.8) is 0 Å². The van der Waals surface area contributed by atoms with E-state index >= 15 is 0 Å². The number of fused-ring (bicyclic) bond motifs is 1. The van der Waals surface area contributed by atoms with Gasteiger partial charge in [-0.25, -0.2) is 4.79 Å². The van der Waals surface area contributed by atoms with Crippen LogP contribution in [0.2, 0.25) is 0 Å². The number of ether oxygens (including phenoxy) is 3. The molecule has 0 radical (unpaired) electrons. The van der Waals surface area contributed by atoms with E-state index < -0.39 is 12.3 Å². The van der Waals surface area contributed by atoms with E-state index in [1.165, 1.54) is 13.5 Å². The number of nitrogen functional groups attached to an aromatic ring is 1. The van der Waals surface area contributed by atoms with Gasteiger partial charge in [0.25, 0.3) is 5.91 Å². The number of benzene rings is 2. The summed E-state index contributed by atoms with van der Waals surface area (Å²) in [6.45, 7) is 0.498. The number of carbonyl (C=O) groups excluding carboxylic acids is 2. The van der Waals surface area contributed by atoms with Gasteiger partial charge in [0, 0.05) is 29.8 Å². The molecule has 8 nitrogen and oxygen atoms in total. The Morgan fingerprint density at radius 3 is 2.71 bits per heavy atom. The second-order valence-corrected chi connectivity index (χ2v) is 9.63. The van der Waals surface area contributed by atoms with Gasteiger partial charge in [-0.15, -0.1) is 0 Å². The first-order chi connectivity index (χ1) is 17.0. The predicted molar refractivity (Wildman–Crippen MR) is 132 cm³/mol. The molecule has 0 aromatic heterocycles. The van der Waals surface area contributed by atoms with Crippen LogP contribution in [0.3, 0.4) is 0 Å². The Hall–Kier alpha value is -3.26. The molecule has 3 aliphatic rings. The van der Waals surface area contributed by atoms with Gasteiger partial charge in [-0.1, -0.05) is 37.5 Å². The van der Waals surface area contributed by atoms with E-state index in [4.69, 9.17) is 19.9 Å². The van der Waals surface area contributed by atoms with Crippen molar-refractivity contribution in [3.8, 4) is 5.75 Å². The van der Waals surface area contributed by atoms with Crippen molar-refractivity contribution in [2.24, 2.45) is 5.92 Å². The Morgan fingerprint density at radius 1 is 1.11 bits per heavy atom. The van der Waals surface area contributed by atoms with E-state index in [0.717, 1.165) is 36.9 Å². The minimum atomic E-state index is -0.441. The molecule has 1 saturated carbocycles. The normalized spacial score (nSPS) is 24.8. The number of carbonyl (C=O) groups is 2. The van der Waals surface area contributed by atoms with Gasteiger partial charge in [-0.3, -0.25) is 10.1 Å². The zero-order chi connectivity index (χ0) is 24.4. The molecule has 1 unspecified atom stereocenters. The first-order valence-corrected chi connectivity index (χ1v) is 12.5. The van der Waals surface area contributed by atoms with Gasteiger partial charge in [0.15, 0.2) is 0 Å². The smallest absolute Gasteiger partial charge is 0.412 e. The molecule has 2 aromatic rings. The lowest BCUT2D eigenvalue weighted by atomic mass is 9.85. The standard InChI is InChI=1S/C27H33N3O5/c1-33-23-16-18(28)11-12-21(23)26(31)30-14-13-17(15-24(30)34-19-7-3-2-4-8-19)25-20-9-5-6-10-22(20)29-27(32)35-25/h5-6,9-12,16-17,19,24-25H,2-4,7-8,13-15,28H2,1H3,(H,29,32)/t17-,24-,25?/m0/s1. The van der Waals surface area contributed by atoms with Gasteiger partial charge in [-0.2, -0.15) is 0 Å². The van der Waals surface area contributed by atoms with Crippen LogP contribution in [0.1, 0.15) is 67.0 Å². The van der Waals surface area contributed by atoms with E-state index in [9.17, 15) is 9.59 Å². The molecule has 0 bridgehead atoms. The van der Waals surface area contributed by atoms with Gasteiger partial charge in [0.05, 0.1) is 24.5 Å². The Bertz CT molecular complexity index is 1080. The Kier molecular flexibility index (Phi) is 6.81. The molecule has 186 valence electrons. The molecule has 3 atom stereocenters. The largest absolute Gasteiger partial charge is 0.496 e. The number of para-hydroxylation sites is 1. The van der Waals surface area contributed by atoms with E-state index in [0.29, 0.717) is 36.4 Å². The first kappa shape index (κ1) is 23.5. The number of piperidine rings is 1. The number of nitrogens with two attached hydrogens (primary N) is 1. The number of anilines is 2. The summed E-state index contributed by atoms with van der Waals surface area (Å²) in [6.07, 6.45) is 5.68. The molecule has 2 fully saturated rings. The Balaban J connectivity index is 1.41. The van der Waals surface area contributed by atoms with Crippen LogP contribution in [-0.2, 0) is 9.47 Å². The third-order valence-corrected chi connectivity index (χ3v) is 7.38.